The van der Waals surface area contributed by atoms with Crippen molar-refractivity contribution in [2.75, 3.05) is 13.7 Å². The van der Waals surface area contributed by atoms with Crippen molar-refractivity contribution in [1.29, 1.82) is 0 Å². The van der Waals surface area contributed by atoms with Crippen molar-refractivity contribution in [3.63, 3.8) is 0 Å². The Bertz CT molecular complexity index is 522. The van der Waals surface area contributed by atoms with E-state index in [1.54, 1.807) is 7.11 Å². The van der Waals surface area contributed by atoms with Crippen LogP contribution >= 0.6 is 0 Å². The van der Waals surface area contributed by atoms with Crippen LogP contribution in [0.15, 0.2) is 48.5 Å². The number of benzene rings is 2. The van der Waals surface area contributed by atoms with Gasteiger partial charge in [-0.1, -0.05) is 42.5 Å². The SMILES string of the molecule is COc1ccccc1CNCCc1ccccc1C. The zero-order valence-electron chi connectivity index (χ0n) is 11.6. The van der Waals surface area contributed by atoms with Gasteiger partial charge in [0.05, 0.1) is 7.11 Å². The average molecular weight is 255 g/mol. The van der Waals surface area contributed by atoms with Crippen LogP contribution in [-0.4, -0.2) is 13.7 Å². The molecular weight excluding hydrogens is 234 g/mol. The number of nitrogens with one attached hydrogen (secondary N) is 1. The number of para-hydroxylation sites is 1. The summed E-state index contributed by atoms with van der Waals surface area (Å²) in [7, 11) is 1.71. The molecule has 2 heteroatoms. The highest BCUT2D eigenvalue weighted by atomic mass is 16.5. The largest absolute Gasteiger partial charge is 0.496 e. The Hall–Kier alpha value is -1.80. The summed E-state index contributed by atoms with van der Waals surface area (Å²) in [6.07, 6.45) is 1.06. The minimum atomic E-state index is 0.843. The average Bonchev–Trinajstić information content (AvgIpc) is 2.45. The maximum atomic E-state index is 5.34. The first-order valence-electron chi connectivity index (χ1n) is 6.68. The van der Waals surface area contributed by atoms with Crippen molar-refractivity contribution in [3.05, 3.63) is 65.2 Å². The topological polar surface area (TPSA) is 21.3 Å². The van der Waals surface area contributed by atoms with Crippen LogP contribution < -0.4 is 10.1 Å². The van der Waals surface area contributed by atoms with Crippen molar-refractivity contribution in [2.24, 2.45) is 0 Å². The van der Waals surface area contributed by atoms with Gasteiger partial charge in [0.15, 0.2) is 0 Å². The van der Waals surface area contributed by atoms with Crippen LogP contribution in [0.1, 0.15) is 16.7 Å². The molecule has 0 spiro atoms. The minimum Gasteiger partial charge on any atom is -0.496 e. The van der Waals surface area contributed by atoms with Gasteiger partial charge in [-0.05, 0) is 37.1 Å². The van der Waals surface area contributed by atoms with Gasteiger partial charge in [-0.2, -0.15) is 0 Å². The molecule has 100 valence electrons. The molecule has 0 unspecified atom stereocenters. The number of aryl methyl sites for hydroxylation is 1. The monoisotopic (exact) mass is 255 g/mol. The number of methoxy groups -OCH3 is 1. The lowest BCUT2D eigenvalue weighted by Gasteiger charge is -2.10. The van der Waals surface area contributed by atoms with Crippen LogP contribution in [-0.2, 0) is 13.0 Å². The second kappa shape index (κ2) is 6.95. The standard InChI is InChI=1S/C17H21NO/c1-14-7-3-4-8-15(14)11-12-18-13-16-9-5-6-10-17(16)19-2/h3-10,18H,11-13H2,1-2H3. The van der Waals surface area contributed by atoms with E-state index >= 15 is 0 Å². The Morgan fingerprint density at radius 1 is 0.947 bits per heavy atom. The fourth-order valence-electron chi connectivity index (χ4n) is 2.19. The predicted molar refractivity (Wildman–Crippen MR) is 79.6 cm³/mol. The van der Waals surface area contributed by atoms with Crippen LogP contribution in [0.2, 0.25) is 0 Å². The molecule has 2 aromatic rings. The van der Waals surface area contributed by atoms with Gasteiger partial charge in [0.2, 0.25) is 0 Å². The molecule has 2 aromatic carbocycles. The third kappa shape index (κ3) is 3.83. The van der Waals surface area contributed by atoms with Crippen molar-refractivity contribution < 1.29 is 4.74 Å². The zero-order chi connectivity index (χ0) is 13.5. The lowest BCUT2D eigenvalue weighted by Crippen LogP contribution is -2.17. The van der Waals surface area contributed by atoms with Crippen molar-refractivity contribution >= 4 is 0 Å². The first-order valence-corrected chi connectivity index (χ1v) is 6.68. The van der Waals surface area contributed by atoms with E-state index in [4.69, 9.17) is 4.74 Å². The Labute approximate surface area is 115 Å². The lowest BCUT2D eigenvalue weighted by molar-refractivity contribution is 0.408. The summed E-state index contributed by atoms with van der Waals surface area (Å²) in [6.45, 7) is 3.98. The molecule has 0 aliphatic carbocycles. The maximum absolute atomic E-state index is 5.34. The van der Waals surface area contributed by atoms with Crippen LogP contribution in [0.4, 0.5) is 0 Å². The Balaban J connectivity index is 1.83. The number of rotatable bonds is 6. The van der Waals surface area contributed by atoms with Crippen molar-refractivity contribution in [1.82, 2.24) is 5.32 Å². The summed E-state index contributed by atoms with van der Waals surface area (Å²) < 4.78 is 5.34. The van der Waals surface area contributed by atoms with Crippen LogP contribution in [0.3, 0.4) is 0 Å². The van der Waals surface area contributed by atoms with E-state index in [-0.39, 0.29) is 0 Å². The molecule has 2 rings (SSSR count). The highest BCUT2D eigenvalue weighted by Gasteiger charge is 2.01. The molecule has 0 fully saturated rings. The van der Waals surface area contributed by atoms with Gasteiger partial charge in [-0.3, -0.25) is 0 Å². The van der Waals surface area contributed by atoms with E-state index in [9.17, 15) is 0 Å². The molecule has 0 atom stereocenters. The van der Waals surface area contributed by atoms with E-state index in [1.807, 2.05) is 18.2 Å². The molecule has 0 aliphatic heterocycles. The van der Waals surface area contributed by atoms with E-state index in [2.05, 4.69) is 42.6 Å². The Kier molecular flexibility index (Phi) is 4.99. The lowest BCUT2D eigenvalue weighted by atomic mass is 10.1. The number of hydrogen-bond acceptors (Lipinski definition) is 2. The molecule has 0 amide bonds. The molecule has 19 heavy (non-hydrogen) atoms. The Morgan fingerprint density at radius 2 is 1.63 bits per heavy atom. The van der Waals surface area contributed by atoms with Gasteiger partial charge < -0.3 is 10.1 Å². The first kappa shape index (κ1) is 13.6. The van der Waals surface area contributed by atoms with Gasteiger partial charge in [0.25, 0.3) is 0 Å². The molecule has 0 saturated heterocycles. The number of ether oxygens (including phenoxy) is 1. The molecule has 0 radical (unpaired) electrons. The Morgan fingerprint density at radius 3 is 2.37 bits per heavy atom. The molecule has 0 saturated carbocycles. The van der Waals surface area contributed by atoms with E-state index < -0.39 is 0 Å². The van der Waals surface area contributed by atoms with Gasteiger partial charge in [0, 0.05) is 12.1 Å². The molecular formula is C17H21NO. The fourth-order valence-corrected chi connectivity index (χ4v) is 2.19. The van der Waals surface area contributed by atoms with E-state index in [0.717, 1.165) is 25.3 Å². The fraction of sp³-hybridized carbons (Fsp3) is 0.294. The van der Waals surface area contributed by atoms with Crippen LogP contribution in [0.25, 0.3) is 0 Å². The summed E-state index contributed by atoms with van der Waals surface area (Å²) in [4.78, 5) is 0. The molecule has 0 aromatic heterocycles. The third-order valence-corrected chi connectivity index (χ3v) is 3.34. The van der Waals surface area contributed by atoms with Gasteiger partial charge in [0.1, 0.15) is 5.75 Å². The van der Waals surface area contributed by atoms with Gasteiger partial charge in [-0.15, -0.1) is 0 Å². The van der Waals surface area contributed by atoms with Gasteiger partial charge >= 0.3 is 0 Å². The van der Waals surface area contributed by atoms with Crippen LogP contribution in [0, 0.1) is 6.92 Å². The summed E-state index contributed by atoms with van der Waals surface area (Å²) in [5, 5.41) is 3.47. The van der Waals surface area contributed by atoms with Crippen LogP contribution in [0.5, 0.6) is 5.75 Å². The highest BCUT2D eigenvalue weighted by molar-refractivity contribution is 5.33. The molecule has 0 heterocycles. The third-order valence-electron chi connectivity index (χ3n) is 3.34. The molecule has 0 bridgehead atoms. The van der Waals surface area contributed by atoms with Crippen molar-refractivity contribution in [3.8, 4) is 5.75 Å². The molecule has 1 N–H and O–H groups in total. The van der Waals surface area contributed by atoms with Gasteiger partial charge in [-0.25, -0.2) is 0 Å². The molecule has 0 aliphatic rings. The predicted octanol–water partition coefficient (Wildman–Crippen LogP) is 3.34. The highest BCUT2D eigenvalue weighted by Crippen LogP contribution is 2.16. The van der Waals surface area contributed by atoms with E-state index in [0.29, 0.717) is 0 Å². The van der Waals surface area contributed by atoms with E-state index in [1.165, 1.54) is 16.7 Å². The van der Waals surface area contributed by atoms with Crippen molar-refractivity contribution in [2.45, 2.75) is 19.9 Å². The zero-order valence-corrected chi connectivity index (χ0v) is 11.6. The minimum absolute atomic E-state index is 0.843. The smallest absolute Gasteiger partial charge is 0.123 e. The second-order valence-electron chi connectivity index (χ2n) is 4.67. The summed E-state index contributed by atoms with van der Waals surface area (Å²) in [5.41, 5.74) is 3.98. The number of hydrogen-bond donors (Lipinski definition) is 1. The summed E-state index contributed by atoms with van der Waals surface area (Å²) in [5.74, 6) is 0.950. The quantitative estimate of drug-likeness (QED) is 0.799. The molecule has 2 nitrogen and oxygen atoms in total. The summed E-state index contributed by atoms with van der Waals surface area (Å²) >= 11 is 0. The normalized spacial score (nSPS) is 10.4. The maximum Gasteiger partial charge on any atom is 0.123 e. The first-order chi connectivity index (χ1) is 9.31. The summed E-state index contributed by atoms with van der Waals surface area (Å²) in [6, 6.07) is 16.7. The second-order valence-corrected chi connectivity index (χ2v) is 4.67.